The van der Waals surface area contributed by atoms with Gasteiger partial charge >= 0.3 is 0 Å². The summed E-state index contributed by atoms with van der Waals surface area (Å²) in [5.41, 5.74) is 2.27. The molecule has 0 aliphatic carbocycles. The van der Waals surface area contributed by atoms with Gasteiger partial charge in [-0.15, -0.1) is 0 Å². The SMILES string of the molecule is C=C(F)C(=O)Nc1cc2c(Nc3ccnc(-c4ccccc4F)c3)ncnc2cc1O[C@@H]1CCN(C2CCOCC2)C1. The van der Waals surface area contributed by atoms with Crippen LogP contribution in [-0.4, -0.2) is 64.2 Å². The fraction of sp³-hybridized carbons (Fsp3) is 0.290. The molecule has 2 N–H and O–H groups in total. The van der Waals surface area contributed by atoms with E-state index in [4.69, 9.17) is 9.47 Å². The number of fused-ring (bicyclic) bond motifs is 1. The Balaban J connectivity index is 1.29. The Hall–Kier alpha value is -4.48. The van der Waals surface area contributed by atoms with Crippen molar-refractivity contribution in [2.24, 2.45) is 0 Å². The molecular formula is C31H30F2N6O3. The fourth-order valence-electron chi connectivity index (χ4n) is 5.44. The first-order valence-electron chi connectivity index (χ1n) is 13.9. The molecule has 4 aromatic rings. The monoisotopic (exact) mass is 572 g/mol. The van der Waals surface area contributed by atoms with Crippen LogP contribution in [0.4, 0.5) is 26.0 Å². The summed E-state index contributed by atoms with van der Waals surface area (Å²) in [6.45, 7) is 6.29. The summed E-state index contributed by atoms with van der Waals surface area (Å²) in [4.78, 5) is 27.9. The van der Waals surface area contributed by atoms with Crippen LogP contribution in [0.3, 0.4) is 0 Å². The lowest BCUT2D eigenvalue weighted by atomic mass is 10.1. The molecule has 0 saturated carbocycles. The summed E-state index contributed by atoms with van der Waals surface area (Å²) in [7, 11) is 0. The molecule has 0 unspecified atom stereocenters. The number of likely N-dealkylation sites (tertiary alicyclic amines) is 1. The molecule has 0 bridgehead atoms. The van der Waals surface area contributed by atoms with E-state index in [9.17, 15) is 13.6 Å². The summed E-state index contributed by atoms with van der Waals surface area (Å²) in [6, 6.07) is 13.7. The van der Waals surface area contributed by atoms with Gasteiger partial charge in [0.15, 0.2) is 5.83 Å². The number of amides is 1. The Morgan fingerprint density at radius 2 is 1.90 bits per heavy atom. The summed E-state index contributed by atoms with van der Waals surface area (Å²) in [6.07, 6.45) is 5.69. The normalized spacial score (nSPS) is 17.7. The third-order valence-electron chi connectivity index (χ3n) is 7.58. The van der Waals surface area contributed by atoms with Crippen LogP contribution in [0.5, 0.6) is 5.75 Å². The average molecular weight is 573 g/mol. The fourth-order valence-corrected chi connectivity index (χ4v) is 5.44. The van der Waals surface area contributed by atoms with Gasteiger partial charge in [0.05, 0.1) is 16.9 Å². The third kappa shape index (κ3) is 6.07. The van der Waals surface area contributed by atoms with E-state index in [2.05, 4.69) is 37.1 Å². The maximum atomic E-state index is 14.4. The largest absolute Gasteiger partial charge is 0.487 e. The number of nitrogens with one attached hydrogen (secondary N) is 2. The zero-order chi connectivity index (χ0) is 29.1. The number of ether oxygens (including phenoxy) is 2. The molecule has 2 aliphatic heterocycles. The zero-order valence-corrected chi connectivity index (χ0v) is 22.9. The molecule has 216 valence electrons. The molecule has 0 spiro atoms. The van der Waals surface area contributed by atoms with Crippen molar-refractivity contribution in [1.29, 1.82) is 0 Å². The van der Waals surface area contributed by atoms with Crippen molar-refractivity contribution < 1.29 is 23.0 Å². The second kappa shape index (κ2) is 12.2. The molecule has 2 fully saturated rings. The second-order valence-electron chi connectivity index (χ2n) is 10.3. The highest BCUT2D eigenvalue weighted by Crippen LogP contribution is 2.36. The number of nitrogens with zero attached hydrogens (tertiary/aromatic N) is 4. The predicted molar refractivity (Wildman–Crippen MR) is 156 cm³/mol. The summed E-state index contributed by atoms with van der Waals surface area (Å²) >= 11 is 0. The van der Waals surface area contributed by atoms with E-state index in [1.165, 1.54) is 12.4 Å². The Bertz CT molecular complexity index is 1630. The summed E-state index contributed by atoms with van der Waals surface area (Å²) in [5.74, 6) is -1.66. The number of aromatic nitrogens is 3. The van der Waals surface area contributed by atoms with Crippen LogP contribution >= 0.6 is 0 Å². The van der Waals surface area contributed by atoms with Crippen LogP contribution in [0.2, 0.25) is 0 Å². The van der Waals surface area contributed by atoms with Crippen LogP contribution < -0.4 is 15.4 Å². The maximum absolute atomic E-state index is 14.4. The first-order chi connectivity index (χ1) is 20.4. The molecule has 1 atom stereocenters. The predicted octanol–water partition coefficient (Wildman–Crippen LogP) is 5.63. The van der Waals surface area contributed by atoms with Gasteiger partial charge in [-0.3, -0.25) is 14.7 Å². The highest BCUT2D eigenvalue weighted by atomic mass is 19.1. The van der Waals surface area contributed by atoms with Gasteiger partial charge in [-0.25, -0.2) is 18.7 Å². The number of benzene rings is 2. The number of halogens is 2. The molecule has 9 nitrogen and oxygen atoms in total. The van der Waals surface area contributed by atoms with E-state index >= 15 is 0 Å². The molecular weight excluding hydrogens is 542 g/mol. The maximum Gasteiger partial charge on any atom is 0.283 e. The lowest BCUT2D eigenvalue weighted by Gasteiger charge is -2.30. The molecule has 2 aromatic carbocycles. The van der Waals surface area contributed by atoms with Gasteiger partial charge < -0.3 is 20.1 Å². The van der Waals surface area contributed by atoms with Gasteiger partial charge in [-0.05, 0) is 49.6 Å². The second-order valence-corrected chi connectivity index (χ2v) is 10.3. The zero-order valence-electron chi connectivity index (χ0n) is 22.9. The number of carbonyl (C=O) groups excluding carboxylic acids is 1. The summed E-state index contributed by atoms with van der Waals surface area (Å²) < 4.78 is 40.0. The van der Waals surface area contributed by atoms with Gasteiger partial charge in [-0.1, -0.05) is 18.7 Å². The molecule has 11 heteroatoms. The van der Waals surface area contributed by atoms with E-state index in [0.29, 0.717) is 45.5 Å². The van der Waals surface area contributed by atoms with Crippen molar-refractivity contribution in [2.45, 2.75) is 31.4 Å². The number of hydrogen-bond acceptors (Lipinski definition) is 8. The number of anilines is 3. The summed E-state index contributed by atoms with van der Waals surface area (Å²) in [5, 5.41) is 6.37. The van der Waals surface area contributed by atoms with E-state index in [0.717, 1.165) is 45.6 Å². The molecule has 1 amide bonds. The van der Waals surface area contributed by atoms with Crippen LogP contribution in [0.1, 0.15) is 19.3 Å². The van der Waals surface area contributed by atoms with Crippen molar-refractivity contribution in [3.8, 4) is 17.0 Å². The minimum absolute atomic E-state index is 0.109. The number of carbonyl (C=O) groups is 1. The molecule has 0 radical (unpaired) electrons. The Labute approximate surface area is 241 Å². The van der Waals surface area contributed by atoms with Crippen molar-refractivity contribution in [2.75, 3.05) is 36.9 Å². The molecule has 2 aromatic heterocycles. The van der Waals surface area contributed by atoms with Crippen molar-refractivity contribution in [1.82, 2.24) is 19.9 Å². The first kappa shape index (κ1) is 27.7. The Morgan fingerprint density at radius 1 is 1.07 bits per heavy atom. The van der Waals surface area contributed by atoms with E-state index in [1.54, 1.807) is 48.7 Å². The average Bonchev–Trinajstić information content (AvgIpc) is 3.47. The number of rotatable bonds is 8. The Kier molecular flexibility index (Phi) is 8.02. The Morgan fingerprint density at radius 3 is 2.71 bits per heavy atom. The first-order valence-corrected chi connectivity index (χ1v) is 13.9. The molecule has 2 saturated heterocycles. The van der Waals surface area contributed by atoms with E-state index in [1.807, 2.05) is 0 Å². The standard InChI is InChI=1S/C31H30F2N6O3/c1-19(32)31(40)38-28-15-24-27(16-29(28)42-22-7-11-39(17-22)21-8-12-41-13-9-21)35-18-36-30(24)37-20-6-10-34-26(14-20)23-4-2-3-5-25(23)33/h2-6,10,14-16,18,21-22H,1,7-9,11-13,17H2,(H,38,40)(H,34,35,36,37)/t22-/m1/s1. The van der Waals surface area contributed by atoms with Crippen molar-refractivity contribution >= 4 is 34.0 Å². The van der Waals surface area contributed by atoms with Crippen LogP contribution in [0.25, 0.3) is 22.2 Å². The highest BCUT2D eigenvalue weighted by Gasteiger charge is 2.31. The van der Waals surface area contributed by atoms with Gasteiger partial charge in [-0.2, -0.15) is 0 Å². The number of hydrogen-bond donors (Lipinski definition) is 2. The molecule has 4 heterocycles. The van der Waals surface area contributed by atoms with Crippen molar-refractivity contribution in [3.05, 3.63) is 79.3 Å². The van der Waals surface area contributed by atoms with Gasteiger partial charge in [0, 0.05) is 61.2 Å². The van der Waals surface area contributed by atoms with Gasteiger partial charge in [0.1, 0.15) is 29.8 Å². The van der Waals surface area contributed by atoms with Crippen LogP contribution in [0, 0.1) is 5.82 Å². The number of pyridine rings is 1. The minimum Gasteiger partial charge on any atom is -0.487 e. The minimum atomic E-state index is -1.12. The van der Waals surface area contributed by atoms with Gasteiger partial charge in [0.2, 0.25) is 0 Å². The quantitative estimate of drug-likeness (QED) is 0.262. The van der Waals surface area contributed by atoms with Gasteiger partial charge in [0.25, 0.3) is 5.91 Å². The molecule has 42 heavy (non-hydrogen) atoms. The lowest BCUT2D eigenvalue weighted by Crippen LogP contribution is -2.38. The smallest absolute Gasteiger partial charge is 0.283 e. The van der Waals surface area contributed by atoms with E-state index in [-0.39, 0.29) is 17.6 Å². The van der Waals surface area contributed by atoms with E-state index < -0.39 is 11.7 Å². The van der Waals surface area contributed by atoms with Crippen LogP contribution in [0.15, 0.2) is 73.5 Å². The topological polar surface area (TPSA) is 102 Å². The molecule has 2 aliphatic rings. The van der Waals surface area contributed by atoms with Crippen LogP contribution in [-0.2, 0) is 9.53 Å². The lowest BCUT2D eigenvalue weighted by molar-refractivity contribution is -0.114. The third-order valence-corrected chi connectivity index (χ3v) is 7.58. The molecule has 6 rings (SSSR count). The highest BCUT2D eigenvalue weighted by molar-refractivity contribution is 6.05. The van der Waals surface area contributed by atoms with Crippen molar-refractivity contribution in [3.63, 3.8) is 0 Å².